The fourth-order valence-corrected chi connectivity index (χ4v) is 3.44. The quantitative estimate of drug-likeness (QED) is 0.811. The molecule has 146 valence electrons. The molecule has 6 nitrogen and oxygen atoms in total. The van der Waals surface area contributed by atoms with E-state index in [2.05, 4.69) is 15.5 Å². The van der Waals surface area contributed by atoms with Gasteiger partial charge in [0.15, 0.2) is 0 Å². The third-order valence-corrected chi connectivity index (χ3v) is 5.18. The van der Waals surface area contributed by atoms with Gasteiger partial charge < -0.3 is 15.5 Å². The summed E-state index contributed by atoms with van der Waals surface area (Å²) in [5, 5.41) is 6.36. The van der Waals surface area contributed by atoms with E-state index in [-0.39, 0.29) is 11.8 Å². The van der Waals surface area contributed by atoms with Crippen molar-refractivity contribution in [3.05, 3.63) is 60.2 Å². The van der Waals surface area contributed by atoms with Crippen LogP contribution in [0.25, 0.3) is 0 Å². The first kappa shape index (κ1) is 18.5. The number of carbonyl (C=O) groups excluding carboxylic acids is 2. The summed E-state index contributed by atoms with van der Waals surface area (Å²) in [6.07, 6.45) is 2.20. The van der Waals surface area contributed by atoms with Crippen LogP contribution in [0, 0.1) is 0 Å². The molecule has 2 fully saturated rings. The Morgan fingerprint density at radius 2 is 1.57 bits per heavy atom. The van der Waals surface area contributed by atoms with E-state index in [1.165, 1.54) is 0 Å². The van der Waals surface area contributed by atoms with Crippen molar-refractivity contribution in [3.63, 3.8) is 0 Å². The van der Waals surface area contributed by atoms with Crippen LogP contribution in [0.4, 0.5) is 11.4 Å². The van der Waals surface area contributed by atoms with E-state index in [0.29, 0.717) is 31.2 Å². The Morgan fingerprint density at radius 1 is 0.893 bits per heavy atom. The number of para-hydroxylation sites is 2. The molecule has 0 atom stereocenters. The van der Waals surface area contributed by atoms with Crippen LogP contribution in [0.5, 0.6) is 0 Å². The molecule has 2 amide bonds. The second kappa shape index (κ2) is 8.44. The van der Waals surface area contributed by atoms with Gasteiger partial charge >= 0.3 is 0 Å². The van der Waals surface area contributed by atoms with Crippen LogP contribution >= 0.6 is 0 Å². The monoisotopic (exact) mass is 378 g/mol. The van der Waals surface area contributed by atoms with E-state index >= 15 is 0 Å². The van der Waals surface area contributed by atoms with Gasteiger partial charge in [-0.3, -0.25) is 14.5 Å². The predicted octanol–water partition coefficient (Wildman–Crippen LogP) is 2.47. The van der Waals surface area contributed by atoms with Gasteiger partial charge in [0.2, 0.25) is 5.91 Å². The zero-order valence-corrected chi connectivity index (χ0v) is 15.9. The molecule has 0 aromatic heterocycles. The van der Waals surface area contributed by atoms with Gasteiger partial charge in [0, 0.05) is 37.9 Å². The van der Waals surface area contributed by atoms with Crippen molar-refractivity contribution in [2.75, 3.05) is 38.0 Å². The van der Waals surface area contributed by atoms with Gasteiger partial charge in [0.1, 0.15) is 0 Å². The van der Waals surface area contributed by atoms with E-state index in [1.54, 1.807) is 0 Å². The molecule has 1 saturated heterocycles. The van der Waals surface area contributed by atoms with E-state index < -0.39 is 0 Å². The summed E-state index contributed by atoms with van der Waals surface area (Å²) in [6, 6.07) is 17.9. The molecule has 2 N–H and O–H groups in total. The Kier molecular flexibility index (Phi) is 5.58. The smallest absolute Gasteiger partial charge is 0.256 e. The Morgan fingerprint density at radius 3 is 2.29 bits per heavy atom. The lowest BCUT2D eigenvalue weighted by Crippen LogP contribution is -2.51. The van der Waals surface area contributed by atoms with Crippen LogP contribution in [0.1, 0.15) is 23.2 Å². The molecule has 1 heterocycles. The lowest BCUT2D eigenvalue weighted by molar-refractivity contribution is -0.122. The van der Waals surface area contributed by atoms with Crippen molar-refractivity contribution in [2.45, 2.75) is 18.9 Å². The van der Waals surface area contributed by atoms with Gasteiger partial charge in [0.05, 0.1) is 17.8 Å². The summed E-state index contributed by atoms with van der Waals surface area (Å²) in [6.45, 7) is 3.13. The van der Waals surface area contributed by atoms with Crippen molar-refractivity contribution < 1.29 is 9.59 Å². The van der Waals surface area contributed by atoms with Crippen molar-refractivity contribution in [2.24, 2.45) is 0 Å². The molecule has 0 radical (unpaired) electrons. The molecule has 1 saturated carbocycles. The Bertz CT molecular complexity index is 827. The number of carbonyl (C=O) groups is 2. The van der Waals surface area contributed by atoms with Gasteiger partial charge in [-0.25, -0.2) is 0 Å². The number of anilines is 2. The normalized spacial score (nSPS) is 17.2. The van der Waals surface area contributed by atoms with E-state index in [9.17, 15) is 9.59 Å². The minimum Gasteiger partial charge on any atom is -0.355 e. The van der Waals surface area contributed by atoms with Crippen LogP contribution in [0.3, 0.4) is 0 Å². The van der Waals surface area contributed by atoms with Crippen LogP contribution in [-0.2, 0) is 4.79 Å². The van der Waals surface area contributed by atoms with Crippen molar-refractivity contribution >= 4 is 23.2 Å². The van der Waals surface area contributed by atoms with Crippen LogP contribution in [-0.4, -0.2) is 60.4 Å². The number of amides is 2. The standard InChI is InChI=1S/C22H26N4O2/c27-21(24-18-10-11-18)16-25-12-14-26(15-13-25)22(28)19-8-4-5-9-20(19)23-17-6-2-1-3-7-17/h1-9,18,23H,10-16H2,(H,24,27). The average molecular weight is 378 g/mol. The zero-order valence-electron chi connectivity index (χ0n) is 15.9. The summed E-state index contributed by atoms with van der Waals surface area (Å²) in [7, 11) is 0. The van der Waals surface area contributed by atoms with Crippen LogP contribution < -0.4 is 10.6 Å². The number of nitrogens with one attached hydrogen (secondary N) is 2. The molecule has 1 aliphatic carbocycles. The molecule has 2 aromatic carbocycles. The van der Waals surface area contributed by atoms with E-state index in [4.69, 9.17) is 0 Å². The molecule has 2 aliphatic rings. The zero-order chi connectivity index (χ0) is 19.3. The first-order valence-corrected chi connectivity index (χ1v) is 9.91. The molecular weight excluding hydrogens is 352 g/mol. The highest BCUT2D eigenvalue weighted by Gasteiger charge is 2.27. The maximum atomic E-state index is 13.1. The number of benzene rings is 2. The van der Waals surface area contributed by atoms with Gasteiger partial charge in [-0.1, -0.05) is 30.3 Å². The fraction of sp³-hybridized carbons (Fsp3) is 0.364. The minimum atomic E-state index is 0.0288. The number of rotatable bonds is 6. The number of nitrogens with zero attached hydrogens (tertiary/aromatic N) is 2. The second-order valence-corrected chi connectivity index (χ2v) is 7.45. The van der Waals surface area contributed by atoms with Crippen molar-refractivity contribution in [1.29, 1.82) is 0 Å². The molecule has 6 heteroatoms. The minimum absolute atomic E-state index is 0.0288. The molecule has 28 heavy (non-hydrogen) atoms. The Balaban J connectivity index is 1.35. The predicted molar refractivity (Wildman–Crippen MR) is 110 cm³/mol. The highest BCUT2D eigenvalue weighted by Crippen LogP contribution is 2.23. The largest absolute Gasteiger partial charge is 0.355 e. The third kappa shape index (κ3) is 4.70. The van der Waals surface area contributed by atoms with Crippen LogP contribution in [0.2, 0.25) is 0 Å². The summed E-state index contributed by atoms with van der Waals surface area (Å²) < 4.78 is 0. The highest BCUT2D eigenvalue weighted by atomic mass is 16.2. The highest BCUT2D eigenvalue weighted by molar-refractivity contribution is 6.00. The van der Waals surface area contributed by atoms with Crippen molar-refractivity contribution in [1.82, 2.24) is 15.1 Å². The SMILES string of the molecule is O=C(CN1CCN(C(=O)c2ccccc2Nc2ccccc2)CC1)NC1CC1. The maximum Gasteiger partial charge on any atom is 0.256 e. The van der Waals surface area contributed by atoms with Gasteiger partial charge in [-0.05, 0) is 37.1 Å². The summed E-state index contributed by atoms with van der Waals surface area (Å²) >= 11 is 0. The molecule has 0 bridgehead atoms. The van der Waals surface area contributed by atoms with Gasteiger partial charge in [0.25, 0.3) is 5.91 Å². The molecular formula is C22H26N4O2. The molecule has 0 unspecified atom stereocenters. The lowest BCUT2D eigenvalue weighted by Gasteiger charge is -2.34. The number of hydrogen-bond donors (Lipinski definition) is 2. The topological polar surface area (TPSA) is 64.7 Å². The lowest BCUT2D eigenvalue weighted by atomic mass is 10.1. The third-order valence-electron chi connectivity index (χ3n) is 5.18. The Labute approximate surface area is 165 Å². The average Bonchev–Trinajstić information content (AvgIpc) is 3.53. The fourth-order valence-electron chi connectivity index (χ4n) is 3.44. The van der Waals surface area contributed by atoms with Gasteiger partial charge in [-0.15, -0.1) is 0 Å². The maximum absolute atomic E-state index is 13.1. The summed E-state index contributed by atoms with van der Waals surface area (Å²) in [4.78, 5) is 29.1. The first-order chi connectivity index (χ1) is 13.7. The Hall–Kier alpha value is -2.86. The molecule has 2 aromatic rings. The van der Waals surface area contributed by atoms with E-state index in [0.717, 1.165) is 37.3 Å². The number of hydrogen-bond acceptors (Lipinski definition) is 4. The molecule has 1 aliphatic heterocycles. The van der Waals surface area contributed by atoms with Crippen LogP contribution in [0.15, 0.2) is 54.6 Å². The molecule has 4 rings (SSSR count). The summed E-state index contributed by atoms with van der Waals surface area (Å²) in [5.41, 5.74) is 2.44. The first-order valence-electron chi connectivity index (χ1n) is 9.91. The van der Waals surface area contributed by atoms with Gasteiger partial charge in [-0.2, -0.15) is 0 Å². The van der Waals surface area contributed by atoms with Crippen molar-refractivity contribution in [3.8, 4) is 0 Å². The summed E-state index contributed by atoms with van der Waals surface area (Å²) in [5.74, 6) is 0.126. The number of piperazine rings is 1. The van der Waals surface area contributed by atoms with E-state index in [1.807, 2.05) is 59.5 Å². The molecule has 0 spiro atoms. The second-order valence-electron chi connectivity index (χ2n) is 7.45.